The smallest absolute Gasteiger partial charge is 1.00 e. The summed E-state index contributed by atoms with van der Waals surface area (Å²) < 4.78 is 0. The molecule has 0 aromatic carbocycles. The van der Waals surface area contributed by atoms with E-state index in [0.717, 1.165) is 0 Å². The van der Waals surface area contributed by atoms with Crippen molar-refractivity contribution in [1.82, 2.24) is 0 Å². The SMILES string of the molecule is [Cl-].[N-]=[N+]=[N-].[Na+]. The first kappa shape index (κ1) is 17.5. The minimum atomic E-state index is 0. The number of nitrogens with zero attached hydrogens (tertiary/aromatic N) is 3. The van der Waals surface area contributed by atoms with Gasteiger partial charge in [0.05, 0.1) is 0 Å². The van der Waals surface area contributed by atoms with Crippen molar-refractivity contribution in [2.45, 2.75) is 0 Å². The minimum Gasteiger partial charge on any atom is -1.00 e. The van der Waals surface area contributed by atoms with Crippen LogP contribution in [0.2, 0.25) is 0 Å². The molecule has 0 aliphatic rings. The van der Waals surface area contributed by atoms with Crippen LogP contribution in [0.1, 0.15) is 0 Å². The van der Waals surface area contributed by atoms with Gasteiger partial charge in [0.1, 0.15) is 0 Å². The minimum absolute atomic E-state index is 0. The molecule has 0 aliphatic heterocycles. The number of hydrogen-bond donors (Lipinski definition) is 0. The molecule has 0 bridgehead atoms. The van der Waals surface area contributed by atoms with Crippen LogP contribution in [0.15, 0.2) is 0 Å². The second kappa shape index (κ2) is 23.3. The largest absolute Gasteiger partial charge is 1.00 e. The van der Waals surface area contributed by atoms with E-state index in [1.54, 1.807) is 0 Å². The number of halogens is 1. The molecule has 0 atom stereocenters. The van der Waals surface area contributed by atoms with Gasteiger partial charge in [0, 0.05) is 0 Å². The maximum atomic E-state index is 6.75. The van der Waals surface area contributed by atoms with Crippen LogP contribution >= 0.6 is 0 Å². The van der Waals surface area contributed by atoms with Gasteiger partial charge >= 0.3 is 29.6 Å². The zero-order valence-corrected chi connectivity index (χ0v) is 5.48. The summed E-state index contributed by atoms with van der Waals surface area (Å²) in [5.41, 5.74) is 13.5. The van der Waals surface area contributed by atoms with Crippen LogP contribution in [0.25, 0.3) is 16.0 Å². The summed E-state index contributed by atoms with van der Waals surface area (Å²) in [7, 11) is 0. The molecule has 24 valence electrons. The van der Waals surface area contributed by atoms with Crippen molar-refractivity contribution in [2.24, 2.45) is 0 Å². The van der Waals surface area contributed by atoms with E-state index >= 15 is 0 Å². The van der Waals surface area contributed by atoms with Crippen molar-refractivity contribution in [3.63, 3.8) is 0 Å². The van der Waals surface area contributed by atoms with Crippen molar-refractivity contribution in [3.05, 3.63) is 16.0 Å². The fourth-order valence-electron chi connectivity index (χ4n) is 0. The molecule has 3 nitrogen and oxygen atoms in total. The fraction of sp³-hybridized carbons (Fsp3) is 0. The maximum Gasteiger partial charge on any atom is 1.00 e. The maximum absolute atomic E-state index is 6.75. The van der Waals surface area contributed by atoms with Crippen LogP contribution in [0.3, 0.4) is 0 Å². The summed E-state index contributed by atoms with van der Waals surface area (Å²) >= 11 is 0. The molecule has 0 heterocycles. The van der Waals surface area contributed by atoms with E-state index in [-0.39, 0.29) is 42.0 Å². The normalized spacial score (nSPS) is 1.60. The Balaban J connectivity index is -0.0000000200. The summed E-state index contributed by atoms with van der Waals surface area (Å²) in [5.74, 6) is 0. The molecule has 0 aromatic heterocycles. The first-order valence-electron chi connectivity index (χ1n) is 0.400. The van der Waals surface area contributed by atoms with E-state index in [2.05, 4.69) is 0 Å². The Morgan fingerprint density at radius 1 is 1.20 bits per heavy atom. The van der Waals surface area contributed by atoms with Gasteiger partial charge in [-0.15, -0.1) is 0 Å². The number of rotatable bonds is 0. The van der Waals surface area contributed by atoms with E-state index in [0.29, 0.717) is 0 Å². The van der Waals surface area contributed by atoms with Crippen LogP contribution < -0.4 is 42.0 Å². The van der Waals surface area contributed by atoms with Gasteiger partial charge in [-0.3, -0.25) is 4.91 Å². The van der Waals surface area contributed by atoms with Crippen LogP contribution in [-0.4, -0.2) is 0 Å². The molecule has 0 fully saturated rings. The molecule has 0 radical (unpaired) electrons. The van der Waals surface area contributed by atoms with Gasteiger partial charge in [0.25, 0.3) is 0 Å². The van der Waals surface area contributed by atoms with Crippen molar-refractivity contribution in [2.75, 3.05) is 0 Å². The zero-order chi connectivity index (χ0) is 2.71. The first-order valence-corrected chi connectivity index (χ1v) is 0.400. The summed E-state index contributed by atoms with van der Waals surface area (Å²) in [6.07, 6.45) is 0. The average molecular weight is 100 g/mol. The van der Waals surface area contributed by atoms with E-state index in [4.69, 9.17) is 11.1 Å². The predicted molar refractivity (Wildman–Crippen MR) is 10.1 cm³/mol. The van der Waals surface area contributed by atoms with Gasteiger partial charge in [0.15, 0.2) is 0 Å². The molecule has 0 N–H and O–H groups in total. The molecule has 0 unspecified atom stereocenters. The van der Waals surface area contributed by atoms with Crippen molar-refractivity contribution >= 4 is 0 Å². The average Bonchev–Trinajstić information content (AvgIpc) is 0.918. The molecule has 5 heavy (non-hydrogen) atoms. The van der Waals surface area contributed by atoms with Gasteiger partial charge in [-0.2, -0.15) is 0 Å². The van der Waals surface area contributed by atoms with Crippen LogP contribution in [0.5, 0.6) is 0 Å². The summed E-state index contributed by atoms with van der Waals surface area (Å²) in [5, 5.41) is 0. The van der Waals surface area contributed by atoms with Crippen molar-refractivity contribution in [1.29, 1.82) is 0 Å². The molecule has 0 saturated heterocycles. The Morgan fingerprint density at radius 3 is 1.20 bits per heavy atom. The molecule has 0 rings (SSSR count). The Hall–Kier alpha value is 0.600. The van der Waals surface area contributed by atoms with Gasteiger partial charge in [-0.05, 0) is 0 Å². The molecule has 5 heteroatoms. The second-order valence-electron chi connectivity index (χ2n) is 0.0894. The Morgan fingerprint density at radius 2 is 1.20 bits per heavy atom. The molecule has 0 amide bonds. The molecule has 0 spiro atoms. The predicted octanol–water partition coefficient (Wildman–Crippen LogP) is -5.13. The van der Waals surface area contributed by atoms with Crippen molar-refractivity contribution in [3.8, 4) is 0 Å². The van der Waals surface area contributed by atoms with E-state index in [9.17, 15) is 0 Å². The van der Waals surface area contributed by atoms with Gasteiger partial charge in [-0.25, -0.2) is 0 Å². The molecule has 0 aromatic rings. The van der Waals surface area contributed by atoms with E-state index in [1.807, 2.05) is 0 Å². The second-order valence-corrected chi connectivity index (χ2v) is 0.0894. The fourth-order valence-corrected chi connectivity index (χ4v) is 0. The summed E-state index contributed by atoms with van der Waals surface area (Å²) in [4.78, 5) is 1.50. The molecular weight excluding hydrogens is 100 g/mol. The molecule has 0 saturated carbocycles. The van der Waals surface area contributed by atoms with Crippen LogP contribution in [0.4, 0.5) is 0 Å². The van der Waals surface area contributed by atoms with Crippen LogP contribution in [-0.2, 0) is 0 Å². The Kier molecular flexibility index (Phi) is 81.6. The standard InChI is InChI=1S/ClH.N3.Na/c;1-3-2;/h1H;;/q;-1;+1/p-1. The van der Waals surface area contributed by atoms with Crippen molar-refractivity contribution < 1.29 is 42.0 Å². The Labute approximate surface area is 57.9 Å². The van der Waals surface area contributed by atoms with E-state index < -0.39 is 0 Å². The number of hydrogen-bond acceptors (Lipinski definition) is 0. The third-order valence-electron chi connectivity index (χ3n) is 0. The van der Waals surface area contributed by atoms with Gasteiger partial charge < -0.3 is 23.5 Å². The summed E-state index contributed by atoms with van der Waals surface area (Å²) in [6.45, 7) is 0. The van der Waals surface area contributed by atoms with Gasteiger partial charge in [0.2, 0.25) is 0 Å². The topological polar surface area (TPSA) is 58.7 Å². The quantitative estimate of drug-likeness (QED) is 0.127. The van der Waals surface area contributed by atoms with Crippen LogP contribution in [0, 0.1) is 0 Å². The Bertz CT molecular complexity index is 27.9. The van der Waals surface area contributed by atoms with Gasteiger partial charge in [-0.1, -0.05) is 0 Å². The first-order chi connectivity index (χ1) is 1.41. The summed E-state index contributed by atoms with van der Waals surface area (Å²) in [6, 6.07) is 0. The third kappa shape index (κ3) is 86.4. The third-order valence-corrected chi connectivity index (χ3v) is 0. The zero-order valence-electron chi connectivity index (χ0n) is 2.72. The molecule has 0 aliphatic carbocycles. The van der Waals surface area contributed by atoms with E-state index in [1.165, 1.54) is 4.91 Å². The monoisotopic (exact) mass is 100.0 g/mol. The molecular formula is ClN3Na-.